The summed E-state index contributed by atoms with van der Waals surface area (Å²) >= 11 is 0. The largest absolute Gasteiger partial charge is 0.490 e. The maximum atomic E-state index is 13.0. The first kappa shape index (κ1) is 26.1. The lowest BCUT2D eigenvalue weighted by Gasteiger charge is -2.21. The monoisotopic (exact) mass is 480 g/mol. The van der Waals surface area contributed by atoms with Crippen LogP contribution in [-0.4, -0.2) is 25.3 Å². The Morgan fingerprint density at radius 3 is 1.94 bits per heavy atom. The number of carbonyl (C=O) groups is 1. The van der Waals surface area contributed by atoms with Gasteiger partial charge in [-0.05, 0) is 73.4 Å². The van der Waals surface area contributed by atoms with E-state index in [1.54, 1.807) is 43.3 Å². The van der Waals surface area contributed by atoms with Crippen molar-refractivity contribution < 1.29 is 28.1 Å². The van der Waals surface area contributed by atoms with E-state index in [1.807, 2.05) is 31.2 Å². The summed E-state index contributed by atoms with van der Waals surface area (Å²) in [6.45, 7) is 10.6. The molecular weight excluding hydrogens is 447 g/mol. The molecule has 0 saturated heterocycles. The van der Waals surface area contributed by atoms with Gasteiger partial charge in [0.25, 0.3) is 0 Å². The molecule has 5 nitrogen and oxygen atoms in total. The first-order valence-corrected chi connectivity index (χ1v) is 11.7. The first-order chi connectivity index (χ1) is 16.7. The van der Waals surface area contributed by atoms with Crippen LogP contribution < -0.4 is 14.2 Å². The lowest BCUT2D eigenvalue weighted by Crippen LogP contribution is -2.22. The van der Waals surface area contributed by atoms with Gasteiger partial charge in [-0.2, -0.15) is 0 Å². The average molecular weight is 481 g/mol. The van der Waals surface area contributed by atoms with Crippen LogP contribution in [0.2, 0.25) is 0 Å². The van der Waals surface area contributed by atoms with Crippen LogP contribution in [0.15, 0.2) is 72.8 Å². The molecule has 0 radical (unpaired) electrons. The van der Waals surface area contributed by atoms with Crippen molar-refractivity contribution in [2.45, 2.75) is 52.2 Å². The maximum absolute atomic E-state index is 13.0. The summed E-state index contributed by atoms with van der Waals surface area (Å²) in [5.74, 6) is 1.02. The number of esters is 1. The summed E-state index contributed by atoms with van der Waals surface area (Å²) in [5, 5.41) is 0. The van der Waals surface area contributed by atoms with Crippen LogP contribution in [0.3, 0.4) is 0 Å². The van der Waals surface area contributed by atoms with Crippen LogP contribution in [0.25, 0.3) is 0 Å². The van der Waals surface area contributed by atoms with E-state index in [4.69, 9.17) is 18.9 Å². The highest BCUT2D eigenvalue weighted by Gasteiger charge is 2.25. The summed E-state index contributed by atoms with van der Waals surface area (Å²) in [6, 6.07) is 20.7. The van der Waals surface area contributed by atoms with Gasteiger partial charge in [-0.1, -0.05) is 45.0 Å². The van der Waals surface area contributed by atoms with Gasteiger partial charge < -0.3 is 18.9 Å². The molecule has 3 rings (SSSR count). The zero-order valence-corrected chi connectivity index (χ0v) is 20.9. The van der Waals surface area contributed by atoms with Gasteiger partial charge in [0.05, 0.1) is 6.61 Å². The Balaban J connectivity index is 1.64. The molecule has 0 N–H and O–H groups in total. The molecule has 2 unspecified atom stereocenters. The second kappa shape index (κ2) is 11.7. The number of carbonyl (C=O) groups excluding carboxylic acids is 1. The van der Waals surface area contributed by atoms with E-state index in [-0.39, 0.29) is 23.9 Å². The lowest BCUT2D eigenvalue weighted by atomic mass is 9.87. The molecule has 0 aliphatic rings. The van der Waals surface area contributed by atoms with Gasteiger partial charge in [-0.15, -0.1) is 0 Å². The van der Waals surface area contributed by atoms with Crippen molar-refractivity contribution in [1.29, 1.82) is 0 Å². The predicted molar refractivity (Wildman–Crippen MR) is 134 cm³/mol. The van der Waals surface area contributed by atoms with Crippen LogP contribution >= 0.6 is 0 Å². The van der Waals surface area contributed by atoms with Gasteiger partial charge in [-0.3, -0.25) is 0 Å². The van der Waals surface area contributed by atoms with Gasteiger partial charge in [0.2, 0.25) is 6.10 Å². The summed E-state index contributed by atoms with van der Waals surface area (Å²) in [4.78, 5) is 12.7. The summed E-state index contributed by atoms with van der Waals surface area (Å²) in [6.07, 6.45) is -1.14. The van der Waals surface area contributed by atoms with E-state index in [9.17, 15) is 9.18 Å². The number of halogens is 1. The second-order valence-corrected chi connectivity index (χ2v) is 9.29. The van der Waals surface area contributed by atoms with Crippen molar-refractivity contribution in [1.82, 2.24) is 0 Å². The fourth-order valence-electron chi connectivity index (χ4n) is 3.37. The van der Waals surface area contributed by atoms with Crippen LogP contribution in [-0.2, 0) is 14.9 Å². The molecule has 0 aromatic heterocycles. The predicted octanol–water partition coefficient (Wildman–Crippen LogP) is 6.65. The van der Waals surface area contributed by atoms with Crippen molar-refractivity contribution in [3.63, 3.8) is 0 Å². The lowest BCUT2D eigenvalue weighted by molar-refractivity contribution is -0.151. The van der Waals surface area contributed by atoms with Crippen molar-refractivity contribution >= 4 is 5.97 Å². The minimum absolute atomic E-state index is 0.0243. The zero-order chi connectivity index (χ0) is 25.4. The molecule has 2 atom stereocenters. The Kier molecular flexibility index (Phi) is 8.74. The molecule has 186 valence electrons. The van der Waals surface area contributed by atoms with E-state index in [0.29, 0.717) is 29.4 Å². The summed E-state index contributed by atoms with van der Waals surface area (Å²) in [5.41, 5.74) is 1.86. The number of ether oxygens (including phenoxy) is 4. The summed E-state index contributed by atoms with van der Waals surface area (Å²) < 4.78 is 35.9. The van der Waals surface area contributed by atoms with Gasteiger partial charge in [0.1, 0.15) is 35.8 Å². The minimum atomic E-state index is -0.898. The van der Waals surface area contributed by atoms with Crippen molar-refractivity contribution in [3.05, 3.63) is 89.7 Å². The second-order valence-electron chi connectivity index (χ2n) is 9.29. The Morgan fingerprint density at radius 1 is 0.829 bits per heavy atom. The number of rotatable bonds is 10. The average Bonchev–Trinajstić information content (AvgIpc) is 2.83. The maximum Gasteiger partial charge on any atom is 0.352 e. The molecule has 0 fully saturated rings. The molecule has 0 saturated carbocycles. The topological polar surface area (TPSA) is 54.0 Å². The van der Waals surface area contributed by atoms with Gasteiger partial charge in [0.15, 0.2) is 0 Å². The Bertz CT molecular complexity index is 1070. The molecule has 0 spiro atoms. The fourth-order valence-corrected chi connectivity index (χ4v) is 3.37. The van der Waals surface area contributed by atoms with Crippen LogP contribution in [0.5, 0.6) is 17.2 Å². The van der Waals surface area contributed by atoms with Crippen molar-refractivity contribution in [2.75, 3.05) is 13.2 Å². The Hall–Kier alpha value is -3.54. The summed E-state index contributed by atoms with van der Waals surface area (Å²) in [7, 11) is 0. The Morgan fingerprint density at radius 2 is 1.37 bits per heavy atom. The van der Waals surface area contributed by atoms with Crippen LogP contribution in [0.4, 0.5) is 4.39 Å². The van der Waals surface area contributed by atoms with E-state index < -0.39 is 12.1 Å². The van der Waals surface area contributed by atoms with E-state index in [2.05, 4.69) is 20.8 Å². The normalized spacial score (nSPS) is 13.0. The van der Waals surface area contributed by atoms with Crippen molar-refractivity contribution in [2.24, 2.45) is 0 Å². The van der Waals surface area contributed by atoms with Gasteiger partial charge in [-0.25, -0.2) is 9.18 Å². The fraction of sp³-hybridized carbons (Fsp3) is 0.345. The molecule has 0 aliphatic carbocycles. The molecular formula is C29H33FO5. The molecule has 6 heteroatoms. The third-order valence-corrected chi connectivity index (χ3v) is 5.29. The molecule has 0 heterocycles. The van der Waals surface area contributed by atoms with Crippen LogP contribution in [0, 0.1) is 5.82 Å². The number of hydrogen-bond donors (Lipinski definition) is 0. The Labute approximate surface area is 206 Å². The third-order valence-electron chi connectivity index (χ3n) is 5.29. The molecule has 0 aliphatic heterocycles. The molecule has 0 bridgehead atoms. The van der Waals surface area contributed by atoms with Crippen LogP contribution in [0.1, 0.15) is 51.8 Å². The minimum Gasteiger partial charge on any atom is -0.490 e. The van der Waals surface area contributed by atoms with E-state index >= 15 is 0 Å². The zero-order valence-electron chi connectivity index (χ0n) is 20.9. The first-order valence-electron chi connectivity index (χ1n) is 11.7. The highest BCUT2D eigenvalue weighted by molar-refractivity contribution is 5.77. The number of hydrogen-bond acceptors (Lipinski definition) is 5. The highest BCUT2D eigenvalue weighted by atomic mass is 19.1. The SMILES string of the molecule is CCOC(=O)C(Oc1ccc(C(C)(C)C)cc1)c1ccc(OCC(C)Oc2ccc(F)cc2)cc1. The molecule has 0 amide bonds. The highest BCUT2D eigenvalue weighted by Crippen LogP contribution is 2.28. The number of benzene rings is 3. The van der Waals surface area contributed by atoms with Gasteiger partial charge >= 0.3 is 5.97 Å². The van der Waals surface area contributed by atoms with Crippen molar-refractivity contribution in [3.8, 4) is 17.2 Å². The molecule has 3 aromatic carbocycles. The van der Waals surface area contributed by atoms with Gasteiger partial charge in [0, 0.05) is 5.56 Å². The third kappa shape index (κ3) is 7.74. The standard InChI is InChI=1S/C29H33FO5/c1-6-32-28(31)27(35-26-15-9-22(10-16-26)29(3,4)5)21-7-13-24(14-8-21)33-19-20(2)34-25-17-11-23(30)12-18-25/h7-18,20,27H,6,19H2,1-5H3. The van der Waals surface area contributed by atoms with E-state index in [1.165, 1.54) is 17.7 Å². The quantitative estimate of drug-likeness (QED) is 0.304. The molecule has 3 aromatic rings. The van der Waals surface area contributed by atoms with E-state index in [0.717, 1.165) is 0 Å². The smallest absolute Gasteiger partial charge is 0.352 e. The molecule has 35 heavy (non-hydrogen) atoms.